The van der Waals surface area contributed by atoms with Gasteiger partial charge in [-0.15, -0.1) is 0 Å². The first-order valence-electron chi connectivity index (χ1n) is 8.75. The Bertz CT molecular complexity index is 975. The fraction of sp³-hybridized carbons (Fsp3) is 0.190. The Morgan fingerprint density at radius 2 is 1.82 bits per heavy atom. The molecule has 0 saturated heterocycles. The zero-order chi connectivity index (χ0) is 19.9. The number of nitrogens with one attached hydrogen (secondary N) is 2. The van der Waals surface area contributed by atoms with Gasteiger partial charge in [0.25, 0.3) is 5.91 Å². The number of amides is 1. The van der Waals surface area contributed by atoms with Gasteiger partial charge in [-0.25, -0.2) is 9.97 Å². The van der Waals surface area contributed by atoms with E-state index in [-0.39, 0.29) is 11.6 Å². The van der Waals surface area contributed by atoms with Crippen LogP contribution in [0.15, 0.2) is 54.7 Å². The first kappa shape index (κ1) is 19.2. The van der Waals surface area contributed by atoms with Gasteiger partial charge in [-0.1, -0.05) is 24.3 Å². The number of rotatable bonds is 7. The van der Waals surface area contributed by atoms with E-state index in [0.717, 1.165) is 16.8 Å². The molecule has 1 aromatic heterocycles. The van der Waals surface area contributed by atoms with Gasteiger partial charge in [0.2, 0.25) is 5.95 Å². The third kappa shape index (κ3) is 4.56. The highest BCUT2D eigenvalue weighted by Crippen LogP contribution is 2.30. The largest absolute Gasteiger partial charge is 0.493 e. The minimum Gasteiger partial charge on any atom is -0.493 e. The molecule has 0 fully saturated rings. The predicted octanol–water partition coefficient (Wildman–Crippen LogP) is 3.48. The second kappa shape index (κ2) is 8.85. The Balaban J connectivity index is 1.70. The van der Waals surface area contributed by atoms with E-state index < -0.39 is 0 Å². The van der Waals surface area contributed by atoms with E-state index in [1.807, 2.05) is 37.3 Å². The Morgan fingerprint density at radius 1 is 1.04 bits per heavy atom. The molecule has 3 aromatic rings. The zero-order valence-corrected chi connectivity index (χ0v) is 16.0. The van der Waals surface area contributed by atoms with Crippen LogP contribution in [0, 0.1) is 6.92 Å². The van der Waals surface area contributed by atoms with Crippen molar-refractivity contribution < 1.29 is 14.3 Å². The molecule has 0 aliphatic carbocycles. The number of aromatic nitrogens is 2. The summed E-state index contributed by atoms with van der Waals surface area (Å²) in [4.78, 5) is 20.9. The minimum atomic E-state index is -0.263. The van der Waals surface area contributed by atoms with Gasteiger partial charge in [-0.05, 0) is 36.2 Å². The molecule has 2 aromatic carbocycles. The van der Waals surface area contributed by atoms with E-state index in [1.165, 1.54) is 0 Å². The highest BCUT2D eigenvalue weighted by atomic mass is 16.5. The lowest BCUT2D eigenvalue weighted by molar-refractivity contribution is 0.0946. The summed E-state index contributed by atoms with van der Waals surface area (Å²) in [7, 11) is 3.14. The summed E-state index contributed by atoms with van der Waals surface area (Å²) in [5.74, 6) is 1.26. The van der Waals surface area contributed by atoms with Crippen molar-refractivity contribution in [1.29, 1.82) is 0 Å². The lowest BCUT2D eigenvalue weighted by atomic mass is 10.1. The van der Waals surface area contributed by atoms with Gasteiger partial charge >= 0.3 is 0 Å². The molecule has 0 aliphatic heterocycles. The molecule has 28 heavy (non-hydrogen) atoms. The first-order chi connectivity index (χ1) is 13.6. The minimum absolute atomic E-state index is 0.263. The van der Waals surface area contributed by atoms with Crippen LogP contribution < -0.4 is 20.1 Å². The van der Waals surface area contributed by atoms with Gasteiger partial charge in [-0.2, -0.15) is 0 Å². The molecule has 2 N–H and O–H groups in total. The number of methoxy groups -OCH3 is 2. The van der Waals surface area contributed by atoms with Crippen molar-refractivity contribution in [3.63, 3.8) is 0 Å². The molecule has 7 heteroatoms. The summed E-state index contributed by atoms with van der Waals surface area (Å²) in [5.41, 5.74) is 3.19. The predicted molar refractivity (Wildman–Crippen MR) is 107 cm³/mol. The topological polar surface area (TPSA) is 85.4 Å². The monoisotopic (exact) mass is 378 g/mol. The number of hydrogen-bond acceptors (Lipinski definition) is 6. The fourth-order valence-electron chi connectivity index (χ4n) is 2.66. The second-order valence-corrected chi connectivity index (χ2v) is 6.07. The summed E-state index contributed by atoms with van der Waals surface area (Å²) >= 11 is 0. The van der Waals surface area contributed by atoms with Crippen LogP contribution in [-0.4, -0.2) is 30.1 Å². The number of aryl methyl sites for hydroxylation is 1. The van der Waals surface area contributed by atoms with Gasteiger partial charge in [0.1, 0.15) is 5.69 Å². The summed E-state index contributed by atoms with van der Waals surface area (Å²) in [6, 6.07) is 14.9. The van der Waals surface area contributed by atoms with Gasteiger partial charge in [-0.3, -0.25) is 4.79 Å². The van der Waals surface area contributed by atoms with Crippen LogP contribution in [0.1, 0.15) is 21.6 Å². The highest BCUT2D eigenvalue weighted by Gasteiger charge is 2.10. The van der Waals surface area contributed by atoms with Crippen LogP contribution in [0.2, 0.25) is 0 Å². The summed E-state index contributed by atoms with van der Waals surface area (Å²) in [6.45, 7) is 2.45. The molecule has 0 unspecified atom stereocenters. The van der Waals surface area contributed by atoms with Gasteiger partial charge < -0.3 is 20.1 Å². The third-order valence-electron chi connectivity index (χ3n) is 4.23. The fourth-order valence-corrected chi connectivity index (χ4v) is 2.66. The standard InChI is InChI=1S/C21H22N4O3/c1-14-6-4-5-7-15(14)13-23-20(26)17-10-11-22-21(25-17)24-16-8-9-18(27-2)19(12-16)28-3/h4-12H,13H2,1-3H3,(H,23,26)(H,22,24,25). The van der Waals surface area contributed by atoms with Crippen LogP contribution in [0.25, 0.3) is 0 Å². The Morgan fingerprint density at radius 3 is 2.57 bits per heavy atom. The first-order valence-corrected chi connectivity index (χ1v) is 8.75. The number of carbonyl (C=O) groups is 1. The molecule has 3 rings (SSSR count). The number of carbonyl (C=O) groups excluding carboxylic acids is 1. The van der Waals surface area contributed by atoms with E-state index in [9.17, 15) is 4.79 Å². The average Bonchev–Trinajstić information content (AvgIpc) is 2.73. The number of anilines is 2. The lowest BCUT2D eigenvalue weighted by Gasteiger charge is -2.11. The van der Waals surface area contributed by atoms with Gasteiger partial charge in [0, 0.05) is 24.5 Å². The van der Waals surface area contributed by atoms with Crippen LogP contribution in [0.3, 0.4) is 0 Å². The highest BCUT2D eigenvalue weighted by molar-refractivity contribution is 5.92. The molecule has 144 valence electrons. The molecular weight excluding hydrogens is 356 g/mol. The average molecular weight is 378 g/mol. The molecule has 0 atom stereocenters. The Labute approximate surface area is 163 Å². The molecule has 1 heterocycles. The lowest BCUT2D eigenvalue weighted by Crippen LogP contribution is -2.24. The Hall–Kier alpha value is -3.61. The molecular formula is C21H22N4O3. The van der Waals surface area contributed by atoms with Crippen molar-refractivity contribution in [3.8, 4) is 11.5 Å². The summed E-state index contributed by atoms with van der Waals surface area (Å²) < 4.78 is 10.5. The van der Waals surface area contributed by atoms with E-state index >= 15 is 0 Å². The van der Waals surface area contributed by atoms with Crippen molar-refractivity contribution in [2.24, 2.45) is 0 Å². The van der Waals surface area contributed by atoms with Crippen molar-refractivity contribution in [3.05, 3.63) is 71.5 Å². The maximum absolute atomic E-state index is 12.5. The number of hydrogen-bond donors (Lipinski definition) is 2. The molecule has 0 aliphatic rings. The van der Waals surface area contributed by atoms with E-state index in [4.69, 9.17) is 9.47 Å². The maximum atomic E-state index is 12.5. The molecule has 0 radical (unpaired) electrons. The van der Waals surface area contributed by atoms with Gasteiger partial charge in [0.05, 0.1) is 14.2 Å². The van der Waals surface area contributed by atoms with Crippen molar-refractivity contribution in [1.82, 2.24) is 15.3 Å². The SMILES string of the molecule is COc1ccc(Nc2nccc(C(=O)NCc3ccccc3C)n2)cc1OC. The van der Waals surface area contributed by atoms with Crippen LogP contribution in [0.5, 0.6) is 11.5 Å². The van der Waals surface area contributed by atoms with E-state index in [2.05, 4.69) is 20.6 Å². The molecule has 0 bridgehead atoms. The second-order valence-electron chi connectivity index (χ2n) is 6.07. The normalized spacial score (nSPS) is 10.2. The van der Waals surface area contributed by atoms with Gasteiger partial charge in [0.15, 0.2) is 11.5 Å². The molecule has 0 saturated carbocycles. The smallest absolute Gasteiger partial charge is 0.270 e. The molecule has 1 amide bonds. The third-order valence-corrected chi connectivity index (χ3v) is 4.23. The summed E-state index contributed by atoms with van der Waals surface area (Å²) in [6.07, 6.45) is 1.54. The molecule has 7 nitrogen and oxygen atoms in total. The van der Waals surface area contributed by atoms with Crippen molar-refractivity contribution >= 4 is 17.5 Å². The maximum Gasteiger partial charge on any atom is 0.270 e. The quantitative estimate of drug-likeness (QED) is 0.655. The Kier molecular flexibility index (Phi) is 6.06. The number of benzene rings is 2. The van der Waals surface area contributed by atoms with Crippen LogP contribution in [-0.2, 0) is 6.54 Å². The zero-order valence-electron chi connectivity index (χ0n) is 16.0. The summed E-state index contributed by atoms with van der Waals surface area (Å²) in [5, 5.41) is 5.96. The van der Waals surface area contributed by atoms with E-state index in [1.54, 1.807) is 38.6 Å². The van der Waals surface area contributed by atoms with Crippen molar-refractivity contribution in [2.75, 3.05) is 19.5 Å². The van der Waals surface area contributed by atoms with Crippen molar-refractivity contribution in [2.45, 2.75) is 13.5 Å². The van der Waals surface area contributed by atoms with Crippen LogP contribution in [0.4, 0.5) is 11.6 Å². The number of ether oxygens (including phenoxy) is 2. The van der Waals surface area contributed by atoms with E-state index in [0.29, 0.717) is 24.0 Å². The van der Waals surface area contributed by atoms with Crippen LogP contribution >= 0.6 is 0 Å². The number of nitrogens with zero attached hydrogens (tertiary/aromatic N) is 2. The molecule has 0 spiro atoms.